The zero-order valence-electron chi connectivity index (χ0n) is 15.6. The van der Waals surface area contributed by atoms with Gasteiger partial charge in [0.1, 0.15) is 11.7 Å². The van der Waals surface area contributed by atoms with Gasteiger partial charge >= 0.3 is 0 Å². The molecule has 2 amide bonds. The number of amides is 2. The number of piperidine rings is 1. The van der Waals surface area contributed by atoms with Gasteiger partial charge in [-0.3, -0.25) is 9.59 Å². The van der Waals surface area contributed by atoms with E-state index < -0.39 is 17.6 Å². The van der Waals surface area contributed by atoms with Crippen LogP contribution in [0.5, 0.6) is 5.75 Å². The Bertz CT molecular complexity index is 953. The Labute approximate surface area is 167 Å². The van der Waals surface area contributed by atoms with E-state index in [4.69, 9.17) is 10.5 Å². The van der Waals surface area contributed by atoms with Crippen molar-refractivity contribution in [3.05, 3.63) is 41.7 Å². The fourth-order valence-corrected chi connectivity index (χ4v) is 5.65. The van der Waals surface area contributed by atoms with Gasteiger partial charge in [-0.1, -0.05) is 30.0 Å². The van der Waals surface area contributed by atoms with Crippen LogP contribution in [0.3, 0.4) is 0 Å². The van der Waals surface area contributed by atoms with Crippen LogP contribution in [0.25, 0.3) is 0 Å². The number of hydrogen-bond donors (Lipinski definition) is 1. The molecule has 1 aromatic heterocycles. The first-order chi connectivity index (χ1) is 13.5. The fraction of sp³-hybridized carbons (Fsp3) is 0.450. The van der Waals surface area contributed by atoms with Gasteiger partial charge < -0.3 is 19.9 Å². The van der Waals surface area contributed by atoms with E-state index in [1.807, 2.05) is 31.2 Å². The summed E-state index contributed by atoms with van der Waals surface area (Å²) in [7, 11) is 0. The number of primary amides is 1. The molecule has 7 nitrogen and oxygen atoms in total. The number of imidazole rings is 1. The van der Waals surface area contributed by atoms with E-state index in [2.05, 4.69) is 15.7 Å². The molecular formula is C20H22N4O3S. The topological polar surface area (TPSA) is 90.5 Å². The number of para-hydroxylation sites is 1. The Hall–Kier alpha value is -2.48. The highest BCUT2D eigenvalue weighted by Crippen LogP contribution is 2.49. The largest absolute Gasteiger partial charge is 0.468 e. The molecule has 3 atom stereocenters. The summed E-state index contributed by atoms with van der Waals surface area (Å²) in [6.45, 7) is 3.34. The van der Waals surface area contributed by atoms with E-state index in [9.17, 15) is 9.59 Å². The smallest absolute Gasteiger partial charge is 0.238 e. The molecule has 1 saturated heterocycles. The minimum Gasteiger partial charge on any atom is -0.468 e. The summed E-state index contributed by atoms with van der Waals surface area (Å²) in [5.41, 5.74) is 6.71. The number of aromatic nitrogens is 2. The number of carbonyl (C=O) groups excluding carboxylic acids is 2. The first-order valence-corrected chi connectivity index (χ1v) is 10.5. The molecule has 5 rings (SSSR count). The fourth-order valence-electron chi connectivity index (χ4n) is 4.69. The number of hydrogen-bond acceptors (Lipinski definition) is 5. The summed E-state index contributed by atoms with van der Waals surface area (Å²) in [6.07, 6.45) is 3.22. The molecule has 4 heterocycles. The van der Waals surface area contributed by atoms with E-state index in [1.54, 1.807) is 16.7 Å². The number of rotatable bonds is 4. The van der Waals surface area contributed by atoms with Gasteiger partial charge in [0.2, 0.25) is 11.8 Å². The van der Waals surface area contributed by atoms with Gasteiger partial charge in [0.05, 0.1) is 5.69 Å². The first kappa shape index (κ1) is 17.6. The number of ether oxygens (including phenoxy) is 1. The van der Waals surface area contributed by atoms with Gasteiger partial charge in [0, 0.05) is 43.8 Å². The van der Waals surface area contributed by atoms with E-state index in [0.29, 0.717) is 19.4 Å². The third kappa shape index (κ3) is 2.62. The SMILES string of the molecule is C[C@@]12C[C@@H](c3ccccc3O1)[C@H](C(N)=O)C(=O)N2CCc1cn2c(n1)SCC2. The van der Waals surface area contributed by atoms with Crippen molar-refractivity contribution in [3.8, 4) is 5.75 Å². The summed E-state index contributed by atoms with van der Waals surface area (Å²) in [5.74, 6) is -0.148. The molecular weight excluding hydrogens is 376 g/mol. The van der Waals surface area contributed by atoms with Crippen LogP contribution in [0.1, 0.15) is 30.5 Å². The second-order valence-corrected chi connectivity index (χ2v) is 8.86. The second-order valence-electron chi connectivity index (χ2n) is 7.80. The van der Waals surface area contributed by atoms with E-state index >= 15 is 0 Å². The molecule has 0 spiro atoms. The molecule has 2 aromatic rings. The third-order valence-corrected chi connectivity index (χ3v) is 6.97. The van der Waals surface area contributed by atoms with Crippen LogP contribution in [0.2, 0.25) is 0 Å². The Morgan fingerprint density at radius 2 is 2.25 bits per heavy atom. The molecule has 2 bridgehead atoms. The number of aryl methyl sites for hydroxylation is 1. The first-order valence-electron chi connectivity index (χ1n) is 9.54. The molecule has 1 fully saturated rings. The molecule has 8 heteroatoms. The number of fused-ring (bicyclic) bond motifs is 5. The number of nitrogens with zero attached hydrogens (tertiary/aromatic N) is 3. The van der Waals surface area contributed by atoms with Crippen LogP contribution in [0.15, 0.2) is 35.6 Å². The lowest BCUT2D eigenvalue weighted by molar-refractivity contribution is -0.175. The number of carbonyl (C=O) groups is 2. The lowest BCUT2D eigenvalue weighted by Gasteiger charge is -2.52. The molecule has 0 saturated carbocycles. The van der Waals surface area contributed by atoms with Crippen molar-refractivity contribution in [2.24, 2.45) is 11.7 Å². The predicted molar refractivity (Wildman–Crippen MR) is 104 cm³/mol. The van der Waals surface area contributed by atoms with Gasteiger partial charge in [-0.15, -0.1) is 0 Å². The van der Waals surface area contributed by atoms with Crippen molar-refractivity contribution >= 4 is 23.6 Å². The maximum Gasteiger partial charge on any atom is 0.238 e. The highest BCUT2D eigenvalue weighted by molar-refractivity contribution is 7.99. The number of nitrogens with two attached hydrogens (primary N) is 1. The zero-order valence-corrected chi connectivity index (χ0v) is 16.4. The second kappa shape index (κ2) is 6.27. The molecule has 3 aliphatic rings. The zero-order chi connectivity index (χ0) is 19.5. The third-order valence-electron chi connectivity index (χ3n) is 6.00. The molecule has 28 heavy (non-hydrogen) atoms. The van der Waals surface area contributed by atoms with E-state index in [-0.39, 0.29) is 11.8 Å². The van der Waals surface area contributed by atoms with Crippen LogP contribution >= 0.6 is 11.8 Å². The Kier molecular flexibility index (Phi) is 3.94. The van der Waals surface area contributed by atoms with Crippen molar-refractivity contribution in [1.82, 2.24) is 14.5 Å². The van der Waals surface area contributed by atoms with Crippen molar-refractivity contribution in [1.29, 1.82) is 0 Å². The highest BCUT2D eigenvalue weighted by Gasteiger charge is 2.55. The Morgan fingerprint density at radius 3 is 3.04 bits per heavy atom. The number of benzene rings is 1. The average Bonchev–Trinajstić information content (AvgIpc) is 3.22. The number of likely N-dealkylation sites (tertiary alicyclic amines) is 1. The van der Waals surface area contributed by atoms with E-state index in [0.717, 1.165) is 34.5 Å². The Balaban J connectivity index is 1.45. The molecule has 0 radical (unpaired) electrons. The minimum absolute atomic E-state index is 0.246. The van der Waals surface area contributed by atoms with Crippen molar-refractivity contribution in [3.63, 3.8) is 0 Å². The summed E-state index contributed by atoms with van der Waals surface area (Å²) in [4.78, 5) is 31.8. The minimum atomic E-state index is -0.860. The maximum absolute atomic E-state index is 13.3. The van der Waals surface area contributed by atoms with Crippen molar-refractivity contribution in [2.45, 2.75) is 43.1 Å². The van der Waals surface area contributed by atoms with Crippen LogP contribution < -0.4 is 10.5 Å². The average molecular weight is 398 g/mol. The normalized spacial score (nSPS) is 27.9. The van der Waals surface area contributed by atoms with Gasteiger partial charge in [0.15, 0.2) is 10.9 Å². The standard InChI is InChI=1S/C20H22N4O3S/c1-20-10-14(13-4-2-3-5-15(13)27-20)16(17(21)25)18(26)24(20)7-6-12-11-23-8-9-28-19(23)22-12/h2-5,11,14,16H,6-10H2,1H3,(H2,21,25)/t14-,16+,20-/m0/s1. The Morgan fingerprint density at radius 1 is 1.43 bits per heavy atom. The van der Waals surface area contributed by atoms with Crippen molar-refractivity contribution in [2.75, 3.05) is 12.3 Å². The molecule has 2 N–H and O–H groups in total. The monoisotopic (exact) mass is 398 g/mol. The summed E-state index contributed by atoms with van der Waals surface area (Å²) < 4.78 is 8.42. The molecule has 3 aliphatic heterocycles. The van der Waals surface area contributed by atoms with Gasteiger partial charge in [-0.05, 0) is 18.6 Å². The molecule has 1 aromatic carbocycles. The van der Waals surface area contributed by atoms with Gasteiger partial charge in [-0.2, -0.15) is 0 Å². The molecule has 146 valence electrons. The summed E-state index contributed by atoms with van der Waals surface area (Å²) in [6, 6.07) is 7.61. The van der Waals surface area contributed by atoms with Crippen LogP contribution in [-0.2, 0) is 22.6 Å². The van der Waals surface area contributed by atoms with Crippen LogP contribution in [0.4, 0.5) is 0 Å². The highest BCUT2D eigenvalue weighted by atomic mass is 32.2. The van der Waals surface area contributed by atoms with Gasteiger partial charge in [0.25, 0.3) is 0 Å². The lowest BCUT2D eigenvalue weighted by Crippen LogP contribution is -2.64. The summed E-state index contributed by atoms with van der Waals surface area (Å²) >= 11 is 1.75. The lowest BCUT2D eigenvalue weighted by atomic mass is 9.73. The maximum atomic E-state index is 13.3. The molecule has 0 unspecified atom stereocenters. The predicted octanol–water partition coefficient (Wildman–Crippen LogP) is 1.76. The van der Waals surface area contributed by atoms with E-state index in [1.165, 1.54) is 0 Å². The van der Waals surface area contributed by atoms with Crippen LogP contribution in [0, 0.1) is 5.92 Å². The summed E-state index contributed by atoms with van der Waals surface area (Å²) in [5, 5.41) is 1.03. The van der Waals surface area contributed by atoms with Crippen molar-refractivity contribution < 1.29 is 14.3 Å². The molecule has 0 aliphatic carbocycles. The van der Waals surface area contributed by atoms with Crippen LogP contribution in [-0.4, -0.2) is 44.3 Å². The quantitative estimate of drug-likeness (QED) is 0.793. The number of thioether (sulfide) groups is 1. The van der Waals surface area contributed by atoms with Gasteiger partial charge in [-0.25, -0.2) is 4.98 Å².